The summed E-state index contributed by atoms with van der Waals surface area (Å²) in [6.07, 6.45) is 9.26. The van der Waals surface area contributed by atoms with Crippen LogP contribution in [0.3, 0.4) is 0 Å². The number of carbonyl (C=O) groups excluding carboxylic acids is 6. The van der Waals surface area contributed by atoms with Crippen LogP contribution in [0, 0.1) is 0 Å². The van der Waals surface area contributed by atoms with E-state index in [9.17, 15) is 28.8 Å². The number of aldehydes is 1. The molecular formula is C40H54N10O6S2. The normalized spacial score (nSPS) is 14.3. The smallest absolute Gasteiger partial charge is 0.244 e. The first kappa shape index (κ1) is 45.5. The number of aromatic nitrogens is 3. The molecule has 0 unspecified atom stereocenters. The summed E-state index contributed by atoms with van der Waals surface area (Å²) in [7, 11) is 0. The van der Waals surface area contributed by atoms with E-state index in [1.165, 1.54) is 18.1 Å². The quantitative estimate of drug-likeness (QED) is 0.0254. The fourth-order valence-electron chi connectivity index (χ4n) is 6.27. The van der Waals surface area contributed by atoms with Crippen LogP contribution < -0.4 is 38.1 Å². The van der Waals surface area contributed by atoms with Crippen LogP contribution in [-0.4, -0.2) is 111 Å². The maximum Gasteiger partial charge on any atom is 0.244 e. The first-order valence-electron chi connectivity index (χ1n) is 19.2. The van der Waals surface area contributed by atoms with Gasteiger partial charge in [-0.05, 0) is 61.4 Å². The molecule has 2 heterocycles. The van der Waals surface area contributed by atoms with Crippen molar-refractivity contribution < 1.29 is 28.8 Å². The van der Waals surface area contributed by atoms with Crippen molar-refractivity contribution in [2.24, 2.45) is 11.5 Å². The van der Waals surface area contributed by atoms with Gasteiger partial charge in [0, 0.05) is 54.0 Å². The number of nitrogens with zero attached hydrogens (tertiary/aromatic N) is 1. The van der Waals surface area contributed by atoms with E-state index in [2.05, 4.69) is 54.2 Å². The zero-order valence-electron chi connectivity index (χ0n) is 32.4. The minimum absolute atomic E-state index is 0.0531. The largest absolute Gasteiger partial charge is 0.361 e. The molecule has 16 nitrogen and oxygen atoms in total. The topological polar surface area (TPSA) is 259 Å². The highest BCUT2D eigenvalue weighted by Crippen LogP contribution is 2.20. The predicted octanol–water partition coefficient (Wildman–Crippen LogP) is 0.681. The van der Waals surface area contributed by atoms with Gasteiger partial charge in [-0.3, -0.25) is 24.0 Å². The molecule has 0 aliphatic heterocycles. The fraction of sp³-hybridized carbons (Fsp3) is 0.425. The molecule has 2 aromatic heterocycles. The van der Waals surface area contributed by atoms with Gasteiger partial charge in [0.2, 0.25) is 29.5 Å². The number of benzene rings is 2. The standard InChI is InChI=1S/C40H54N10O6S2/c1-58-16-14-27(22-51)46-38(54)34(18-26-20-44-31-12-6-5-11-29(26)31)49-39(55)33(17-25-9-3-2-4-10-25)48-37(53)32(13-7-8-15-41)47-40(56)35(23-57)50-36(52)30(42)19-28-21-43-24-45-28/h2-6,9-12,20-22,24,27,30,32-35,44,57H,7-8,13-19,23,41-42H2,1H3,(H,43,45)(H,46,54)(H,47,56)(H,48,53)(H,49,55)(H,50,52)/t27-,30-,32-,33-,34-,35-/m0/s1. The molecule has 0 bridgehead atoms. The van der Waals surface area contributed by atoms with Crippen LogP contribution in [0.5, 0.6) is 0 Å². The second-order valence-electron chi connectivity index (χ2n) is 13.9. The molecule has 18 heteroatoms. The lowest BCUT2D eigenvalue weighted by molar-refractivity contribution is -0.134. The summed E-state index contributed by atoms with van der Waals surface area (Å²) < 4.78 is 0. The number of nitrogens with two attached hydrogens (primary N) is 2. The van der Waals surface area contributed by atoms with Gasteiger partial charge < -0.3 is 52.8 Å². The second-order valence-corrected chi connectivity index (χ2v) is 15.2. The molecule has 312 valence electrons. The lowest BCUT2D eigenvalue weighted by Gasteiger charge is -2.27. The summed E-state index contributed by atoms with van der Waals surface area (Å²) in [5.41, 5.74) is 14.8. The number of unbranched alkanes of at least 4 members (excludes halogenated alkanes) is 1. The van der Waals surface area contributed by atoms with Gasteiger partial charge in [-0.1, -0.05) is 48.5 Å². The monoisotopic (exact) mass is 834 g/mol. The highest BCUT2D eigenvalue weighted by atomic mass is 32.2. The summed E-state index contributed by atoms with van der Waals surface area (Å²) in [5.74, 6) is -2.58. The Kier molecular flexibility index (Phi) is 18.8. The maximum atomic E-state index is 14.3. The number of hydrogen-bond donors (Lipinski definition) is 10. The zero-order valence-corrected chi connectivity index (χ0v) is 34.2. The highest BCUT2D eigenvalue weighted by molar-refractivity contribution is 7.98. The summed E-state index contributed by atoms with van der Waals surface area (Å²) >= 11 is 5.81. The molecule has 0 aliphatic carbocycles. The van der Waals surface area contributed by atoms with Crippen molar-refractivity contribution in [1.29, 1.82) is 0 Å². The van der Waals surface area contributed by atoms with E-state index in [0.29, 0.717) is 43.5 Å². The molecule has 0 saturated heterocycles. The molecule has 11 N–H and O–H groups in total. The molecule has 5 amide bonds. The number of H-pyrrole nitrogens is 2. The van der Waals surface area contributed by atoms with Crippen molar-refractivity contribution in [3.63, 3.8) is 0 Å². The van der Waals surface area contributed by atoms with Gasteiger partial charge in [0.1, 0.15) is 30.5 Å². The molecular weight excluding hydrogens is 781 g/mol. The Bertz CT molecular complexity index is 1930. The van der Waals surface area contributed by atoms with Gasteiger partial charge in [-0.15, -0.1) is 0 Å². The third-order valence-corrected chi connectivity index (χ3v) is 10.5. The molecule has 4 aromatic rings. The third-order valence-electron chi connectivity index (χ3n) is 9.50. The van der Waals surface area contributed by atoms with E-state index in [1.54, 1.807) is 36.7 Å². The van der Waals surface area contributed by atoms with Gasteiger partial charge in [0.25, 0.3) is 0 Å². The molecule has 58 heavy (non-hydrogen) atoms. The van der Waals surface area contributed by atoms with Crippen LogP contribution >= 0.6 is 24.4 Å². The molecule has 6 atom stereocenters. The van der Waals surface area contributed by atoms with E-state index < -0.39 is 65.8 Å². The molecule has 0 saturated carbocycles. The molecule has 0 fully saturated rings. The minimum Gasteiger partial charge on any atom is -0.361 e. The maximum absolute atomic E-state index is 14.3. The molecule has 0 aliphatic rings. The number of hydrogen-bond acceptors (Lipinski definition) is 11. The lowest BCUT2D eigenvalue weighted by atomic mass is 10.0. The Labute approximate surface area is 347 Å². The number of aromatic amines is 2. The molecule has 4 rings (SSSR count). The third kappa shape index (κ3) is 14.0. The van der Waals surface area contributed by atoms with E-state index in [4.69, 9.17) is 11.5 Å². The molecule has 0 spiro atoms. The Balaban J connectivity index is 1.56. The number of thioether (sulfide) groups is 1. The average molecular weight is 835 g/mol. The number of para-hydroxylation sites is 1. The number of amides is 5. The van der Waals surface area contributed by atoms with Gasteiger partial charge in [0.15, 0.2) is 0 Å². The minimum atomic E-state index is -1.19. The second kappa shape index (κ2) is 23.9. The Morgan fingerprint density at radius 2 is 1.41 bits per heavy atom. The average Bonchev–Trinajstić information content (AvgIpc) is 3.90. The summed E-state index contributed by atoms with van der Waals surface area (Å²) in [5, 5.41) is 14.7. The number of carbonyl (C=O) groups is 6. The van der Waals surface area contributed by atoms with Crippen molar-refractivity contribution in [3.05, 3.63) is 90.1 Å². The van der Waals surface area contributed by atoms with E-state index >= 15 is 0 Å². The summed E-state index contributed by atoms with van der Waals surface area (Å²) in [6, 6.07) is 10.3. The predicted molar refractivity (Wildman–Crippen MR) is 228 cm³/mol. The summed E-state index contributed by atoms with van der Waals surface area (Å²) in [6.45, 7) is 0.354. The van der Waals surface area contributed by atoms with Gasteiger partial charge in [-0.25, -0.2) is 4.98 Å². The Hall–Kier alpha value is -5.17. The highest BCUT2D eigenvalue weighted by Gasteiger charge is 2.32. The van der Waals surface area contributed by atoms with Crippen molar-refractivity contribution in [2.45, 2.75) is 81.2 Å². The Morgan fingerprint density at radius 3 is 2.09 bits per heavy atom. The number of thiol groups is 1. The van der Waals surface area contributed by atoms with Crippen molar-refractivity contribution in [3.8, 4) is 0 Å². The lowest BCUT2D eigenvalue weighted by Crippen LogP contribution is -2.60. The van der Waals surface area contributed by atoms with Crippen molar-refractivity contribution >= 4 is 71.1 Å². The molecule has 2 aromatic carbocycles. The fourth-order valence-corrected chi connectivity index (χ4v) is 7.02. The van der Waals surface area contributed by atoms with E-state index in [0.717, 1.165) is 22.0 Å². The number of fused-ring (bicyclic) bond motifs is 1. The summed E-state index contributed by atoms with van der Waals surface area (Å²) in [4.78, 5) is 90.7. The van der Waals surface area contributed by atoms with E-state index in [1.807, 2.05) is 36.6 Å². The van der Waals surface area contributed by atoms with Gasteiger partial charge >= 0.3 is 0 Å². The van der Waals surface area contributed by atoms with Crippen LogP contribution in [0.4, 0.5) is 0 Å². The van der Waals surface area contributed by atoms with Crippen LogP contribution in [0.15, 0.2) is 73.3 Å². The van der Waals surface area contributed by atoms with Crippen molar-refractivity contribution in [2.75, 3.05) is 24.3 Å². The van der Waals surface area contributed by atoms with Gasteiger partial charge in [0.05, 0.1) is 18.4 Å². The van der Waals surface area contributed by atoms with E-state index in [-0.39, 0.29) is 31.4 Å². The number of nitrogens with one attached hydrogen (secondary N) is 7. The van der Waals surface area contributed by atoms with Crippen LogP contribution in [0.25, 0.3) is 10.9 Å². The van der Waals surface area contributed by atoms with Crippen LogP contribution in [0.1, 0.15) is 42.5 Å². The number of imidazole rings is 1. The Morgan fingerprint density at radius 1 is 0.776 bits per heavy atom. The first-order chi connectivity index (χ1) is 28.1. The first-order valence-corrected chi connectivity index (χ1v) is 21.2. The zero-order chi connectivity index (χ0) is 41.9. The van der Waals surface area contributed by atoms with Crippen LogP contribution in [0.2, 0.25) is 0 Å². The SMILES string of the molecule is CSCC[C@@H](C=O)NC(=O)[C@H](Cc1c[nH]c2ccccc12)NC(=O)[C@H](Cc1ccccc1)NC(=O)[C@H](CCCCN)NC(=O)[C@H](CS)NC(=O)[C@@H](N)Cc1cnc[nH]1. The van der Waals surface area contributed by atoms with Gasteiger partial charge in [-0.2, -0.15) is 24.4 Å². The van der Waals surface area contributed by atoms with Crippen LogP contribution in [-0.2, 0) is 48.0 Å². The van der Waals surface area contributed by atoms with Crippen molar-refractivity contribution in [1.82, 2.24) is 41.5 Å². The molecule has 0 radical (unpaired) electrons. The number of rotatable bonds is 25.